The summed E-state index contributed by atoms with van der Waals surface area (Å²) in [4.78, 5) is 2.29. The van der Waals surface area contributed by atoms with Crippen molar-refractivity contribution >= 4 is 0 Å². The number of nitrogens with zero attached hydrogens (tertiary/aromatic N) is 1. The highest BCUT2D eigenvalue weighted by atomic mass is 16.5. The third-order valence-electron chi connectivity index (χ3n) is 2.98. The Morgan fingerprint density at radius 2 is 2.29 bits per heavy atom. The van der Waals surface area contributed by atoms with E-state index in [-0.39, 0.29) is 5.54 Å². The van der Waals surface area contributed by atoms with Gasteiger partial charge in [0.1, 0.15) is 0 Å². The standard InChI is InChI=1S/C11H24N2O/c1-4-11(2,12)9-13(3)8-10-6-5-7-14-10/h10H,4-9,12H2,1-3H3. The number of nitrogens with two attached hydrogens (primary N) is 1. The van der Waals surface area contributed by atoms with Crippen molar-refractivity contribution in [1.29, 1.82) is 0 Å². The quantitative estimate of drug-likeness (QED) is 0.725. The number of rotatable bonds is 5. The average molecular weight is 200 g/mol. The van der Waals surface area contributed by atoms with E-state index in [0.29, 0.717) is 6.10 Å². The van der Waals surface area contributed by atoms with Crippen LogP contribution in [0.4, 0.5) is 0 Å². The minimum absolute atomic E-state index is 0.0621. The first-order valence-electron chi connectivity index (χ1n) is 5.62. The molecule has 2 unspecified atom stereocenters. The van der Waals surface area contributed by atoms with Gasteiger partial charge in [0, 0.05) is 25.2 Å². The molecule has 0 aromatic heterocycles. The summed E-state index contributed by atoms with van der Waals surface area (Å²) >= 11 is 0. The van der Waals surface area contributed by atoms with Crippen LogP contribution in [0.5, 0.6) is 0 Å². The molecule has 2 N–H and O–H groups in total. The Labute approximate surface area is 87.6 Å². The van der Waals surface area contributed by atoms with Gasteiger partial charge in [-0.05, 0) is 33.2 Å². The Kier molecular flexibility index (Phi) is 4.35. The van der Waals surface area contributed by atoms with Crippen molar-refractivity contribution in [2.45, 2.75) is 44.8 Å². The predicted molar refractivity (Wildman–Crippen MR) is 59.4 cm³/mol. The van der Waals surface area contributed by atoms with Gasteiger partial charge >= 0.3 is 0 Å². The van der Waals surface area contributed by atoms with Gasteiger partial charge in [0.25, 0.3) is 0 Å². The summed E-state index contributed by atoms with van der Waals surface area (Å²) < 4.78 is 5.59. The van der Waals surface area contributed by atoms with E-state index < -0.39 is 0 Å². The predicted octanol–water partition coefficient (Wildman–Crippen LogP) is 1.22. The lowest BCUT2D eigenvalue weighted by atomic mass is 10.00. The van der Waals surface area contributed by atoms with Gasteiger partial charge in [-0.3, -0.25) is 0 Å². The number of likely N-dealkylation sites (N-methyl/N-ethyl adjacent to an activating group) is 1. The molecule has 3 nitrogen and oxygen atoms in total. The van der Waals surface area contributed by atoms with Gasteiger partial charge in [-0.1, -0.05) is 6.92 Å². The monoisotopic (exact) mass is 200 g/mol. The van der Waals surface area contributed by atoms with E-state index in [1.807, 2.05) is 0 Å². The molecule has 84 valence electrons. The largest absolute Gasteiger partial charge is 0.377 e. The molecule has 0 amide bonds. The lowest BCUT2D eigenvalue weighted by Crippen LogP contribution is -2.47. The van der Waals surface area contributed by atoms with Crippen LogP contribution in [0.15, 0.2) is 0 Å². The van der Waals surface area contributed by atoms with Crippen molar-refractivity contribution in [3.8, 4) is 0 Å². The Balaban J connectivity index is 2.23. The van der Waals surface area contributed by atoms with E-state index in [9.17, 15) is 0 Å². The Morgan fingerprint density at radius 3 is 2.79 bits per heavy atom. The smallest absolute Gasteiger partial charge is 0.0702 e. The molecule has 0 aromatic carbocycles. The van der Waals surface area contributed by atoms with Gasteiger partial charge < -0.3 is 15.4 Å². The van der Waals surface area contributed by atoms with E-state index in [0.717, 1.165) is 26.1 Å². The molecule has 0 aromatic rings. The molecule has 1 heterocycles. The molecule has 3 heteroatoms. The molecule has 1 rings (SSSR count). The van der Waals surface area contributed by atoms with Crippen LogP contribution in [-0.2, 0) is 4.74 Å². The van der Waals surface area contributed by atoms with E-state index in [1.165, 1.54) is 12.8 Å². The van der Waals surface area contributed by atoms with Crippen molar-refractivity contribution in [2.24, 2.45) is 5.73 Å². The molecule has 2 atom stereocenters. The molecule has 0 aliphatic carbocycles. The van der Waals surface area contributed by atoms with Crippen LogP contribution in [-0.4, -0.2) is 43.3 Å². The number of hydrogen-bond donors (Lipinski definition) is 1. The molecule has 0 bridgehead atoms. The second-order valence-corrected chi connectivity index (χ2v) is 4.84. The van der Waals surface area contributed by atoms with Crippen molar-refractivity contribution in [2.75, 3.05) is 26.7 Å². The fourth-order valence-electron chi connectivity index (χ4n) is 1.93. The van der Waals surface area contributed by atoms with Gasteiger partial charge in [0.2, 0.25) is 0 Å². The maximum atomic E-state index is 6.11. The molecule has 0 saturated carbocycles. The van der Waals surface area contributed by atoms with Gasteiger partial charge in [0.05, 0.1) is 6.10 Å². The highest BCUT2D eigenvalue weighted by Gasteiger charge is 2.22. The molecule has 1 fully saturated rings. The second-order valence-electron chi connectivity index (χ2n) is 4.84. The lowest BCUT2D eigenvalue weighted by molar-refractivity contribution is 0.0751. The molecular formula is C11H24N2O. The maximum absolute atomic E-state index is 6.11. The maximum Gasteiger partial charge on any atom is 0.0702 e. The first-order chi connectivity index (χ1) is 6.53. The van der Waals surface area contributed by atoms with Crippen LogP contribution in [0, 0.1) is 0 Å². The highest BCUT2D eigenvalue weighted by Crippen LogP contribution is 2.14. The minimum atomic E-state index is -0.0621. The average Bonchev–Trinajstić information content (AvgIpc) is 2.55. The van der Waals surface area contributed by atoms with E-state index in [4.69, 9.17) is 10.5 Å². The molecule has 1 saturated heterocycles. The molecule has 14 heavy (non-hydrogen) atoms. The number of hydrogen-bond acceptors (Lipinski definition) is 3. The van der Waals surface area contributed by atoms with Crippen LogP contribution in [0.2, 0.25) is 0 Å². The van der Waals surface area contributed by atoms with Crippen molar-refractivity contribution in [1.82, 2.24) is 4.90 Å². The Hall–Kier alpha value is -0.120. The van der Waals surface area contributed by atoms with Crippen molar-refractivity contribution in [3.63, 3.8) is 0 Å². The first-order valence-corrected chi connectivity index (χ1v) is 5.62. The van der Waals surface area contributed by atoms with Crippen molar-refractivity contribution in [3.05, 3.63) is 0 Å². The van der Waals surface area contributed by atoms with Crippen LogP contribution >= 0.6 is 0 Å². The molecular weight excluding hydrogens is 176 g/mol. The third kappa shape index (κ3) is 3.95. The first kappa shape index (κ1) is 12.0. The summed E-state index contributed by atoms with van der Waals surface area (Å²) in [6.45, 7) is 7.15. The van der Waals surface area contributed by atoms with Gasteiger partial charge in [-0.2, -0.15) is 0 Å². The number of ether oxygens (including phenoxy) is 1. The second kappa shape index (κ2) is 5.10. The highest BCUT2D eigenvalue weighted by molar-refractivity contribution is 4.81. The molecule has 1 aliphatic rings. The summed E-state index contributed by atoms with van der Waals surface area (Å²) in [5.74, 6) is 0. The van der Waals surface area contributed by atoms with Gasteiger partial charge in [0.15, 0.2) is 0 Å². The van der Waals surface area contributed by atoms with Crippen LogP contribution in [0.1, 0.15) is 33.1 Å². The van der Waals surface area contributed by atoms with E-state index in [2.05, 4.69) is 25.8 Å². The van der Waals surface area contributed by atoms with E-state index >= 15 is 0 Å². The van der Waals surface area contributed by atoms with Crippen LogP contribution in [0.25, 0.3) is 0 Å². The van der Waals surface area contributed by atoms with Crippen LogP contribution < -0.4 is 5.73 Å². The van der Waals surface area contributed by atoms with Crippen LogP contribution in [0.3, 0.4) is 0 Å². The normalized spacial score (nSPS) is 26.8. The summed E-state index contributed by atoms with van der Waals surface area (Å²) in [5.41, 5.74) is 6.05. The summed E-state index contributed by atoms with van der Waals surface area (Å²) in [6.07, 6.45) is 3.87. The van der Waals surface area contributed by atoms with Gasteiger partial charge in [-0.25, -0.2) is 0 Å². The minimum Gasteiger partial charge on any atom is -0.377 e. The van der Waals surface area contributed by atoms with Crippen molar-refractivity contribution < 1.29 is 4.74 Å². The molecule has 0 radical (unpaired) electrons. The zero-order chi connectivity index (χ0) is 10.6. The Bertz CT molecular complexity index is 165. The fourth-order valence-corrected chi connectivity index (χ4v) is 1.93. The third-order valence-corrected chi connectivity index (χ3v) is 2.98. The SMILES string of the molecule is CCC(C)(N)CN(C)CC1CCCO1. The Morgan fingerprint density at radius 1 is 1.57 bits per heavy atom. The summed E-state index contributed by atoms with van der Waals surface area (Å²) in [7, 11) is 2.13. The molecule has 1 aliphatic heterocycles. The zero-order valence-electron chi connectivity index (χ0n) is 9.75. The molecule has 0 spiro atoms. The lowest BCUT2D eigenvalue weighted by Gasteiger charge is -2.30. The van der Waals surface area contributed by atoms with Gasteiger partial charge in [-0.15, -0.1) is 0 Å². The zero-order valence-corrected chi connectivity index (χ0v) is 9.75. The topological polar surface area (TPSA) is 38.5 Å². The van der Waals surface area contributed by atoms with E-state index in [1.54, 1.807) is 0 Å². The summed E-state index contributed by atoms with van der Waals surface area (Å²) in [6, 6.07) is 0. The summed E-state index contributed by atoms with van der Waals surface area (Å²) in [5, 5.41) is 0. The fraction of sp³-hybridized carbons (Fsp3) is 1.00.